The Bertz CT molecular complexity index is 430. The quantitative estimate of drug-likeness (QED) is 0.731. The van der Waals surface area contributed by atoms with E-state index in [0.717, 1.165) is 43.1 Å². The number of alkyl halides is 1. The van der Waals surface area contributed by atoms with Gasteiger partial charge in [0.2, 0.25) is 0 Å². The molecule has 1 fully saturated rings. The third-order valence-corrected chi connectivity index (χ3v) is 4.43. The molecule has 0 radical (unpaired) electrons. The Morgan fingerprint density at radius 1 is 1.29 bits per heavy atom. The fourth-order valence-electron chi connectivity index (χ4n) is 3.01. The molecule has 3 heteroatoms. The van der Waals surface area contributed by atoms with Gasteiger partial charge in [-0.15, -0.1) is 11.6 Å². The molecule has 1 aliphatic carbocycles. The minimum absolute atomic E-state index is 0.369. The molecule has 1 nitrogen and oxygen atoms in total. The molecule has 0 N–H and O–H groups in total. The van der Waals surface area contributed by atoms with Gasteiger partial charge in [0.25, 0.3) is 0 Å². The van der Waals surface area contributed by atoms with Crippen molar-refractivity contribution in [1.29, 1.82) is 0 Å². The van der Waals surface area contributed by atoms with E-state index in [-0.39, 0.29) is 0 Å². The Kier molecular flexibility index (Phi) is 3.23. The maximum absolute atomic E-state index is 6.16. The summed E-state index contributed by atoms with van der Waals surface area (Å²) in [5, 5.41) is 1.21. The third-order valence-electron chi connectivity index (χ3n) is 3.81. The van der Waals surface area contributed by atoms with E-state index in [1.807, 2.05) is 6.07 Å². The highest BCUT2D eigenvalue weighted by Crippen LogP contribution is 2.38. The molecule has 0 bridgehead atoms. The van der Waals surface area contributed by atoms with Crippen molar-refractivity contribution in [2.75, 3.05) is 6.61 Å². The highest BCUT2D eigenvalue weighted by Gasteiger charge is 2.26. The Morgan fingerprint density at radius 3 is 2.94 bits per heavy atom. The Hall–Kier alpha value is -0.400. The molecule has 1 heterocycles. The van der Waals surface area contributed by atoms with Crippen LogP contribution < -0.4 is 4.74 Å². The highest BCUT2D eigenvalue weighted by atomic mass is 35.5. The molecule has 2 aliphatic rings. The Labute approximate surface area is 112 Å². The molecule has 0 spiro atoms. The van der Waals surface area contributed by atoms with Crippen molar-refractivity contribution in [2.45, 2.75) is 37.5 Å². The van der Waals surface area contributed by atoms with E-state index in [1.54, 1.807) is 0 Å². The van der Waals surface area contributed by atoms with Gasteiger partial charge in [0.05, 0.1) is 6.61 Å². The molecule has 1 aromatic carbocycles. The van der Waals surface area contributed by atoms with Crippen LogP contribution in [0, 0.1) is 5.92 Å². The van der Waals surface area contributed by atoms with Crippen molar-refractivity contribution in [3.63, 3.8) is 0 Å². The maximum Gasteiger partial charge on any atom is 0.125 e. The van der Waals surface area contributed by atoms with Gasteiger partial charge in [-0.25, -0.2) is 0 Å². The lowest BCUT2D eigenvalue weighted by Gasteiger charge is -2.13. The number of hydrogen-bond acceptors (Lipinski definition) is 1. The molecule has 2 unspecified atom stereocenters. The summed E-state index contributed by atoms with van der Waals surface area (Å²) in [6, 6.07) is 4.10. The van der Waals surface area contributed by atoms with E-state index in [1.165, 1.54) is 17.5 Å². The van der Waals surface area contributed by atoms with Crippen LogP contribution in [0.4, 0.5) is 0 Å². The molecular weight excluding hydrogens is 255 g/mol. The van der Waals surface area contributed by atoms with Crippen LogP contribution in [0.25, 0.3) is 0 Å². The van der Waals surface area contributed by atoms with Crippen LogP contribution in [-0.4, -0.2) is 12.0 Å². The van der Waals surface area contributed by atoms with Crippen molar-refractivity contribution in [3.8, 4) is 5.75 Å². The van der Waals surface area contributed by atoms with E-state index in [4.69, 9.17) is 27.9 Å². The normalized spacial score (nSPS) is 26.9. The van der Waals surface area contributed by atoms with E-state index < -0.39 is 0 Å². The topological polar surface area (TPSA) is 9.23 Å². The fourth-order valence-corrected chi connectivity index (χ4v) is 3.65. The van der Waals surface area contributed by atoms with Gasteiger partial charge in [-0.05, 0) is 54.9 Å². The van der Waals surface area contributed by atoms with Crippen LogP contribution in [0.15, 0.2) is 12.1 Å². The summed E-state index contributed by atoms with van der Waals surface area (Å²) in [6.45, 7) is 0.797. The van der Waals surface area contributed by atoms with Gasteiger partial charge >= 0.3 is 0 Å². The van der Waals surface area contributed by atoms with Crippen LogP contribution in [0.3, 0.4) is 0 Å². The second-order valence-corrected chi connectivity index (χ2v) is 6.19. The average Bonchev–Trinajstić information content (AvgIpc) is 2.87. The van der Waals surface area contributed by atoms with Gasteiger partial charge in [-0.3, -0.25) is 0 Å². The zero-order valence-electron chi connectivity index (χ0n) is 9.72. The van der Waals surface area contributed by atoms with E-state index in [2.05, 4.69) is 6.07 Å². The third kappa shape index (κ3) is 2.41. The SMILES string of the molecule is Clc1cc2c(c(CC3CCC(Cl)C3)c1)OCC2. The zero-order valence-corrected chi connectivity index (χ0v) is 11.2. The predicted molar refractivity (Wildman–Crippen MR) is 71.3 cm³/mol. The van der Waals surface area contributed by atoms with E-state index >= 15 is 0 Å². The van der Waals surface area contributed by atoms with Crippen LogP contribution in [0.1, 0.15) is 30.4 Å². The molecule has 1 aliphatic heterocycles. The van der Waals surface area contributed by atoms with Crippen LogP contribution >= 0.6 is 23.2 Å². The number of benzene rings is 1. The van der Waals surface area contributed by atoms with Crippen molar-refractivity contribution >= 4 is 23.2 Å². The minimum Gasteiger partial charge on any atom is -0.493 e. The van der Waals surface area contributed by atoms with Gasteiger partial charge < -0.3 is 4.74 Å². The molecule has 17 heavy (non-hydrogen) atoms. The smallest absolute Gasteiger partial charge is 0.125 e. The molecule has 2 atom stereocenters. The second-order valence-electron chi connectivity index (χ2n) is 5.13. The molecule has 3 rings (SSSR count). The van der Waals surface area contributed by atoms with Crippen molar-refractivity contribution in [2.24, 2.45) is 5.92 Å². The Morgan fingerprint density at radius 2 is 2.18 bits per heavy atom. The molecule has 0 amide bonds. The summed E-state index contributed by atoms with van der Waals surface area (Å²) in [6.07, 6.45) is 5.56. The minimum atomic E-state index is 0.369. The van der Waals surface area contributed by atoms with Crippen LogP contribution in [0.2, 0.25) is 5.02 Å². The molecule has 0 saturated heterocycles. The number of ether oxygens (including phenoxy) is 1. The first-order valence-electron chi connectivity index (χ1n) is 6.30. The van der Waals surface area contributed by atoms with Gasteiger partial charge in [-0.2, -0.15) is 0 Å². The van der Waals surface area contributed by atoms with Crippen LogP contribution in [-0.2, 0) is 12.8 Å². The summed E-state index contributed by atoms with van der Waals surface area (Å²) in [7, 11) is 0. The monoisotopic (exact) mass is 270 g/mol. The number of fused-ring (bicyclic) bond motifs is 1. The van der Waals surface area contributed by atoms with Gasteiger partial charge in [-0.1, -0.05) is 11.6 Å². The predicted octanol–water partition coefficient (Wildman–Crippen LogP) is 4.22. The van der Waals surface area contributed by atoms with Gasteiger partial charge in [0.15, 0.2) is 0 Å². The van der Waals surface area contributed by atoms with E-state index in [9.17, 15) is 0 Å². The zero-order chi connectivity index (χ0) is 11.8. The average molecular weight is 271 g/mol. The molecule has 1 saturated carbocycles. The first-order chi connectivity index (χ1) is 8.22. The van der Waals surface area contributed by atoms with Gasteiger partial charge in [0, 0.05) is 16.8 Å². The largest absolute Gasteiger partial charge is 0.493 e. The first-order valence-corrected chi connectivity index (χ1v) is 7.12. The summed E-state index contributed by atoms with van der Waals surface area (Å²) < 4.78 is 5.73. The van der Waals surface area contributed by atoms with Crippen LogP contribution in [0.5, 0.6) is 5.75 Å². The lowest BCUT2D eigenvalue weighted by atomic mass is 9.96. The van der Waals surface area contributed by atoms with Gasteiger partial charge in [0.1, 0.15) is 5.75 Å². The molecule has 92 valence electrons. The lowest BCUT2D eigenvalue weighted by Crippen LogP contribution is -2.02. The number of rotatable bonds is 2. The summed E-state index contributed by atoms with van der Waals surface area (Å²) in [5.74, 6) is 1.79. The fraction of sp³-hybridized carbons (Fsp3) is 0.571. The number of halogens is 2. The standard InChI is InChI=1S/C14H16Cl2O/c15-12-2-1-9(6-12)5-11-8-13(16)7-10-3-4-17-14(10)11/h7-9,12H,1-6H2. The molecule has 0 aromatic heterocycles. The molecular formula is C14H16Cl2O. The van der Waals surface area contributed by atoms with Crippen molar-refractivity contribution in [1.82, 2.24) is 0 Å². The second kappa shape index (κ2) is 4.70. The number of hydrogen-bond donors (Lipinski definition) is 0. The lowest BCUT2D eigenvalue weighted by molar-refractivity contribution is 0.351. The highest BCUT2D eigenvalue weighted by molar-refractivity contribution is 6.30. The van der Waals surface area contributed by atoms with Crippen molar-refractivity contribution < 1.29 is 4.74 Å². The van der Waals surface area contributed by atoms with Crippen molar-refractivity contribution in [3.05, 3.63) is 28.3 Å². The first kappa shape index (κ1) is 11.7. The molecule has 1 aromatic rings. The summed E-state index contributed by atoms with van der Waals surface area (Å²) in [4.78, 5) is 0. The summed E-state index contributed by atoms with van der Waals surface area (Å²) >= 11 is 12.3. The Balaban J connectivity index is 1.83. The van der Waals surface area contributed by atoms with E-state index in [0.29, 0.717) is 11.3 Å². The maximum atomic E-state index is 6.16. The summed E-state index contributed by atoms with van der Waals surface area (Å²) in [5.41, 5.74) is 2.55.